The zero-order valence-electron chi connectivity index (χ0n) is 19.7. The molecule has 0 radical (unpaired) electrons. The van der Waals surface area contributed by atoms with Gasteiger partial charge in [-0.3, -0.25) is 14.5 Å². The van der Waals surface area contributed by atoms with Crippen molar-refractivity contribution in [3.63, 3.8) is 0 Å². The number of carboxylic acids is 1. The van der Waals surface area contributed by atoms with Crippen molar-refractivity contribution in [1.29, 1.82) is 0 Å². The lowest BCUT2D eigenvalue weighted by molar-refractivity contribution is -0.142. The molecule has 0 bridgehead atoms. The summed E-state index contributed by atoms with van der Waals surface area (Å²) in [7, 11) is 0. The molecule has 3 aromatic rings. The summed E-state index contributed by atoms with van der Waals surface area (Å²) in [6.45, 7) is 0.287. The molecule has 3 heterocycles. The molecule has 0 atom stereocenters. The van der Waals surface area contributed by atoms with E-state index in [2.05, 4.69) is 4.98 Å². The molecule has 0 saturated carbocycles. The lowest BCUT2D eigenvalue weighted by Crippen LogP contribution is -2.29. The Labute approximate surface area is 226 Å². The molecule has 206 valence electrons. The first-order valence-corrected chi connectivity index (χ1v) is 12.6. The van der Waals surface area contributed by atoms with Gasteiger partial charge >= 0.3 is 18.3 Å². The second kappa shape index (κ2) is 11.0. The first kappa shape index (κ1) is 28.6. The number of amides is 1. The first-order chi connectivity index (χ1) is 18.3. The normalized spacial score (nSPS) is 15.6. The van der Waals surface area contributed by atoms with Crippen molar-refractivity contribution < 1.29 is 45.5 Å². The lowest BCUT2D eigenvalue weighted by atomic mass is 10.0. The number of carboxylic acid groups (broad SMARTS) is 1. The number of furan rings is 1. The molecular weight excluding hydrogens is 570 g/mol. The van der Waals surface area contributed by atoms with Crippen LogP contribution in [0.2, 0.25) is 0 Å². The number of hydrogen-bond acceptors (Lipinski definition) is 6. The monoisotopic (exact) mass is 588 g/mol. The third kappa shape index (κ3) is 6.44. The number of rotatable bonds is 8. The van der Waals surface area contributed by atoms with Gasteiger partial charge in [0.05, 0.1) is 16.0 Å². The lowest BCUT2D eigenvalue weighted by Gasteiger charge is -2.14. The fourth-order valence-electron chi connectivity index (χ4n) is 3.95. The average Bonchev–Trinajstić information content (AvgIpc) is 3.41. The van der Waals surface area contributed by atoms with E-state index in [1.807, 2.05) is 0 Å². The number of halogens is 6. The van der Waals surface area contributed by atoms with Crippen LogP contribution in [0, 0.1) is 0 Å². The smallest absolute Gasteiger partial charge is 0.433 e. The van der Waals surface area contributed by atoms with Crippen LogP contribution in [-0.4, -0.2) is 37.7 Å². The summed E-state index contributed by atoms with van der Waals surface area (Å²) in [5, 5.41) is 8.51. The molecule has 1 saturated heterocycles. The van der Waals surface area contributed by atoms with Crippen LogP contribution >= 0.6 is 24.0 Å². The Bertz CT molecular complexity index is 1480. The van der Waals surface area contributed by atoms with E-state index in [-0.39, 0.29) is 44.7 Å². The zero-order valence-corrected chi connectivity index (χ0v) is 21.4. The van der Waals surface area contributed by atoms with Gasteiger partial charge in [-0.15, -0.1) is 0 Å². The summed E-state index contributed by atoms with van der Waals surface area (Å²) < 4.78 is 87.1. The van der Waals surface area contributed by atoms with E-state index < -0.39 is 41.0 Å². The van der Waals surface area contributed by atoms with Crippen LogP contribution in [0.5, 0.6) is 0 Å². The Morgan fingerprint density at radius 3 is 2.49 bits per heavy atom. The maximum atomic E-state index is 13.5. The summed E-state index contributed by atoms with van der Waals surface area (Å²) in [5.41, 5.74) is -3.93. The number of benzene rings is 1. The number of aromatic nitrogens is 1. The number of fused-ring (bicyclic) bond motifs is 1. The highest BCUT2D eigenvalue weighted by atomic mass is 32.2. The van der Waals surface area contributed by atoms with Crippen LogP contribution in [-0.2, 0) is 21.9 Å². The number of aliphatic carboxylic acids is 1. The van der Waals surface area contributed by atoms with Crippen molar-refractivity contribution in [1.82, 2.24) is 9.88 Å². The fraction of sp³-hybridized carbons (Fsp3) is 0.280. The zero-order chi connectivity index (χ0) is 28.5. The van der Waals surface area contributed by atoms with E-state index in [0.717, 1.165) is 17.8 Å². The van der Waals surface area contributed by atoms with Gasteiger partial charge in [0.1, 0.15) is 21.5 Å². The number of alkyl halides is 6. The number of para-hydroxylation sites is 1. The topological polar surface area (TPSA) is 83.6 Å². The van der Waals surface area contributed by atoms with E-state index >= 15 is 0 Å². The number of nitrogens with zero attached hydrogens (tertiary/aromatic N) is 2. The predicted octanol–water partition coefficient (Wildman–Crippen LogP) is 7.38. The molecule has 6 nitrogen and oxygen atoms in total. The highest BCUT2D eigenvalue weighted by Crippen LogP contribution is 2.41. The number of carbonyl (C=O) groups excluding carboxylic acids is 1. The predicted molar refractivity (Wildman–Crippen MR) is 135 cm³/mol. The van der Waals surface area contributed by atoms with Gasteiger partial charge in [0, 0.05) is 30.0 Å². The molecule has 1 aliphatic heterocycles. The highest BCUT2D eigenvalue weighted by molar-refractivity contribution is 8.26. The molecule has 1 N–H and O–H groups in total. The highest BCUT2D eigenvalue weighted by Gasteiger charge is 2.38. The minimum absolute atomic E-state index is 0.0217. The van der Waals surface area contributed by atoms with Crippen LogP contribution in [0.25, 0.3) is 28.3 Å². The quantitative estimate of drug-likeness (QED) is 0.127. The summed E-state index contributed by atoms with van der Waals surface area (Å²) in [5.74, 6) is -1.38. The van der Waals surface area contributed by atoms with Gasteiger partial charge in [-0.25, -0.2) is 4.98 Å². The Balaban J connectivity index is 1.63. The van der Waals surface area contributed by atoms with Crippen molar-refractivity contribution in [2.24, 2.45) is 0 Å². The van der Waals surface area contributed by atoms with Crippen molar-refractivity contribution in [3.05, 3.63) is 58.3 Å². The first-order valence-electron chi connectivity index (χ1n) is 11.4. The van der Waals surface area contributed by atoms with E-state index in [1.165, 1.54) is 29.2 Å². The molecule has 1 aromatic carbocycles. The number of pyridine rings is 1. The average molecular weight is 589 g/mol. The van der Waals surface area contributed by atoms with Crippen LogP contribution < -0.4 is 0 Å². The number of thioether (sulfide) groups is 1. The minimum Gasteiger partial charge on any atom is -0.481 e. The third-order valence-corrected chi connectivity index (χ3v) is 7.12. The molecule has 1 aliphatic rings. The summed E-state index contributed by atoms with van der Waals surface area (Å²) in [4.78, 5) is 28.2. The molecule has 0 aliphatic carbocycles. The standard InChI is InChI=1S/C25H18F6N2O4S2/c26-24(27,28)16-6-4-5-14-15(12-19(25(29,30)31)32-21(14)16)17-9-8-13(37-17)11-18-22(36)33(23(38)39-18)10-3-1-2-7-20(34)35/h4-6,8-9,11-12H,1-3,7,10H2,(H,34,35)/b18-11-. The number of thiocarbonyl (C=S) groups is 1. The second-order valence-corrected chi connectivity index (χ2v) is 10.2. The molecule has 2 aromatic heterocycles. The van der Waals surface area contributed by atoms with Gasteiger partial charge in [-0.2, -0.15) is 26.3 Å². The van der Waals surface area contributed by atoms with Gasteiger partial charge in [-0.05, 0) is 37.1 Å². The van der Waals surface area contributed by atoms with Gasteiger partial charge < -0.3 is 9.52 Å². The Morgan fingerprint density at radius 2 is 1.82 bits per heavy atom. The van der Waals surface area contributed by atoms with Crippen molar-refractivity contribution in [2.75, 3.05) is 6.54 Å². The van der Waals surface area contributed by atoms with Crippen LogP contribution in [0.3, 0.4) is 0 Å². The maximum absolute atomic E-state index is 13.5. The SMILES string of the molecule is O=C(O)CCCCCN1C(=O)/C(=C/c2ccc(-c3cc(C(F)(F)F)nc4c(C(F)(F)F)cccc34)o2)SC1=S. The van der Waals surface area contributed by atoms with Crippen molar-refractivity contribution in [2.45, 2.75) is 38.0 Å². The van der Waals surface area contributed by atoms with Crippen LogP contribution in [0.15, 0.2) is 45.7 Å². The maximum Gasteiger partial charge on any atom is 0.433 e. The Kier molecular flexibility index (Phi) is 8.07. The van der Waals surface area contributed by atoms with Crippen molar-refractivity contribution >= 4 is 57.2 Å². The van der Waals surface area contributed by atoms with Crippen molar-refractivity contribution in [3.8, 4) is 11.3 Å². The molecule has 0 spiro atoms. The second-order valence-electron chi connectivity index (χ2n) is 8.49. The molecule has 1 fully saturated rings. The number of hydrogen-bond donors (Lipinski definition) is 1. The fourth-order valence-corrected chi connectivity index (χ4v) is 5.24. The minimum atomic E-state index is -5.02. The number of carbonyl (C=O) groups is 2. The van der Waals surface area contributed by atoms with E-state index in [0.29, 0.717) is 31.4 Å². The molecule has 1 amide bonds. The van der Waals surface area contributed by atoms with Gasteiger partial charge in [0.25, 0.3) is 5.91 Å². The molecule has 39 heavy (non-hydrogen) atoms. The summed E-state index contributed by atoms with van der Waals surface area (Å²) in [6, 6.07) is 6.23. The third-order valence-electron chi connectivity index (χ3n) is 5.75. The van der Waals surface area contributed by atoms with Gasteiger partial charge in [-0.1, -0.05) is 42.5 Å². The van der Waals surface area contributed by atoms with Crippen LogP contribution in [0.1, 0.15) is 42.7 Å². The molecule has 14 heteroatoms. The van der Waals surface area contributed by atoms with Gasteiger partial charge in [0.15, 0.2) is 0 Å². The number of unbranched alkanes of at least 4 members (excludes halogenated alkanes) is 2. The summed E-state index contributed by atoms with van der Waals surface area (Å²) >= 11 is 6.25. The summed E-state index contributed by atoms with van der Waals surface area (Å²) in [6.07, 6.45) is -7.00. The Morgan fingerprint density at radius 1 is 1.08 bits per heavy atom. The van der Waals surface area contributed by atoms with E-state index in [4.69, 9.17) is 21.7 Å². The van der Waals surface area contributed by atoms with E-state index in [1.54, 1.807) is 0 Å². The largest absolute Gasteiger partial charge is 0.481 e. The Hall–Kier alpha value is -3.39. The van der Waals surface area contributed by atoms with Crippen LogP contribution in [0.4, 0.5) is 26.3 Å². The van der Waals surface area contributed by atoms with Gasteiger partial charge in [0.2, 0.25) is 0 Å². The molecule has 4 rings (SSSR count). The molecule has 0 unspecified atom stereocenters. The van der Waals surface area contributed by atoms with E-state index in [9.17, 15) is 35.9 Å². The molecular formula is C25H18F6N2O4S2.